The van der Waals surface area contributed by atoms with E-state index in [1.54, 1.807) is 0 Å². The van der Waals surface area contributed by atoms with Gasteiger partial charge in [0.05, 0.1) is 0 Å². The maximum absolute atomic E-state index is 12.8. The first-order chi connectivity index (χ1) is 12.1. The molecule has 0 aromatic heterocycles. The predicted molar refractivity (Wildman–Crippen MR) is 90.7 cm³/mol. The Morgan fingerprint density at radius 1 is 1.12 bits per heavy atom. The van der Waals surface area contributed by atoms with Crippen LogP contribution in [0.15, 0.2) is 24.3 Å². The molecule has 0 bridgehead atoms. The molecule has 0 spiro atoms. The highest BCUT2D eigenvalue weighted by molar-refractivity contribution is 5.94. The fourth-order valence-electron chi connectivity index (χ4n) is 3.44. The summed E-state index contributed by atoms with van der Waals surface area (Å²) in [6.45, 7) is 3.89. The molecule has 1 aromatic rings. The van der Waals surface area contributed by atoms with E-state index in [4.69, 9.17) is 4.74 Å². The van der Waals surface area contributed by atoms with E-state index in [-0.39, 0.29) is 17.8 Å². The summed E-state index contributed by atoms with van der Waals surface area (Å²) in [6, 6.07) is 5.27. The van der Waals surface area contributed by atoms with Crippen LogP contribution in [0.2, 0.25) is 0 Å². The number of likely N-dealkylation sites (tertiary alicyclic amines) is 1. The fraction of sp³-hybridized carbons (Fsp3) is 0.556. The zero-order valence-electron chi connectivity index (χ0n) is 14.2. The Labute approximate surface area is 146 Å². The quantitative estimate of drug-likeness (QED) is 0.794. The van der Waals surface area contributed by atoms with Crippen molar-refractivity contribution in [1.29, 1.82) is 0 Å². The van der Waals surface area contributed by atoms with Crippen LogP contribution >= 0.6 is 0 Å². The van der Waals surface area contributed by atoms with Crippen molar-refractivity contribution in [2.45, 2.75) is 12.8 Å². The van der Waals surface area contributed by atoms with Crippen molar-refractivity contribution in [3.63, 3.8) is 0 Å². The van der Waals surface area contributed by atoms with Crippen LogP contribution in [0.4, 0.5) is 9.18 Å². The number of hydrogen-bond acceptors (Lipinski definition) is 3. The zero-order valence-corrected chi connectivity index (χ0v) is 14.2. The van der Waals surface area contributed by atoms with Gasteiger partial charge in [-0.1, -0.05) is 0 Å². The minimum Gasteiger partial charge on any atom is -0.381 e. The van der Waals surface area contributed by atoms with Gasteiger partial charge in [-0.05, 0) is 48.9 Å². The van der Waals surface area contributed by atoms with Crippen LogP contribution in [0, 0.1) is 17.7 Å². The van der Waals surface area contributed by atoms with Crippen molar-refractivity contribution >= 4 is 11.9 Å². The second-order valence-corrected chi connectivity index (χ2v) is 6.61. The second kappa shape index (κ2) is 8.29. The molecule has 0 radical (unpaired) electrons. The number of rotatable bonds is 5. The van der Waals surface area contributed by atoms with E-state index in [2.05, 4.69) is 10.6 Å². The average molecular weight is 349 g/mol. The molecule has 2 fully saturated rings. The van der Waals surface area contributed by atoms with Gasteiger partial charge < -0.3 is 20.3 Å². The van der Waals surface area contributed by atoms with E-state index in [1.807, 2.05) is 4.90 Å². The lowest BCUT2D eigenvalue weighted by molar-refractivity contribution is 0.0953. The van der Waals surface area contributed by atoms with Gasteiger partial charge in [0.2, 0.25) is 0 Å². The Morgan fingerprint density at radius 3 is 2.60 bits per heavy atom. The largest absolute Gasteiger partial charge is 0.381 e. The normalized spacial score (nSPS) is 22.8. The Hall–Kier alpha value is -2.15. The van der Waals surface area contributed by atoms with Gasteiger partial charge in [0.1, 0.15) is 5.82 Å². The van der Waals surface area contributed by atoms with Gasteiger partial charge in [-0.3, -0.25) is 4.79 Å². The number of hydrogen-bond donors (Lipinski definition) is 2. The number of benzene rings is 1. The van der Waals surface area contributed by atoms with Gasteiger partial charge in [0.25, 0.3) is 5.91 Å². The maximum Gasteiger partial charge on any atom is 0.317 e. The molecule has 2 aliphatic rings. The number of carbonyl (C=O) groups is 2. The molecule has 2 unspecified atom stereocenters. The summed E-state index contributed by atoms with van der Waals surface area (Å²) in [5.41, 5.74) is 0.397. The zero-order chi connectivity index (χ0) is 17.6. The van der Waals surface area contributed by atoms with Gasteiger partial charge in [0.15, 0.2) is 0 Å². The molecule has 136 valence electrons. The third-order valence-corrected chi connectivity index (χ3v) is 4.94. The third-order valence-electron chi connectivity index (χ3n) is 4.94. The maximum atomic E-state index is 12.8. The van der Waals surface area contributed by atoms with Gasteiger partial charge in [0, 0.05) is 45.0 Å². The number of urea groups is 1. The van der Waals surface area contributed by atoms with Gasteiger partial charge in [-0.25, -0.2) is 9.18 Å². The highest BCUT2D eigenvalue weighted by atomic mass is 19.1. The van der Waals surface area contributed by atoms with E-state index in [0.29, 0.717) is 30.5 Å². The van der Waals surface area contributed by atoms with Gasteiger partial charge in [-0.15, -0.1) is 0 Å². The minimum absolute atomic E-state index is 0.0857. The molecule has 2 heterocycles. The summed E-state index contributed by atoms with van der Waals surface area (Å²) in [5, 5.41) is 5.54. The Bertz CT molecular complexity index is 602. The van der Waals surface area contributed by atoms with Crippen LogP contribution < -0.4 is 10.6 Å². The topological polar surface area (TPSA) is 70.7 Å². The Morgan fingerprint density at radius 2 is 1.88 bits per heavy atom. The lowest BCUT2D eigenvalue weighted by Crippen LogP contribution is -2.42. The summed E-state index contributed by atoms with van der Waals surface area (Å²) < 4.78 is 18.3. The molecule has 2 atom stereocenters. The molecule has 0 aliphatic carbocycles. The first-order valence-electron chi connectivity index (χ1n) is 8.78. The Balaban J connectivity index is 1.34. The molecule has 25 heavy (non-hydrogen) atoms. The van der Waals surface area contributed by atoms with Crippen molar-refractivity contribution in [1.82, 2.24) is 15.5 Å². The molecule has 2 N–H and O–H groups in total. The van der Waals surface area contributed by atoms with Crippen LogP contribution in [-0.2, 0) is 4.74 Å². The molecule has 7 heteroatoms. The first-order valence-corrected chi connectivity index (χ1v) is 8.78. The summed E-state index contributed by atoms with van der Waals surface area (Å²) in [7, 11) is 0. The fourth-order valence-corrected chi connectivity index (χ4v) is 3.44. The lowest BCUT2D eigenvalue weighted by atomic mass is 9.91. The lowest BCUT2D eigenvalue weighted by Gasteiger charge is -2.19. The number of halogens is 1. The smallest absolute Gasteiger partial charge is 0.317 e. The molecule has 1 aromatic carbocycles. The molecule has 2 aliphatic heterocycles. The standard InChI is InChI=1S/C18H24FN3O3/c19-16-3-1-13(2-4-16)17(23)20-7-8-21-18(24)22-9-5-14(11-22)15-6-10-25-12-15/h1-4,14-15H,5-12H2,(H,20,23)(H,21,24). The molecule has 3 rings (SSSR count). The van der Waals surface area contributed by atoms with Crippen molar-refractivity contribution in [3.8, 4) is 0 Å². The number of carbonyl (C=O) groups excluding carboxylic acids is 2. The van der Waals surface area contributed by atoms with E-state index >= 15 is 0 Å². The van der Waals surface area contributed by atoms with Crippen LogP contribution in [0.5, 0.6) is 0 Å². The molecule has 3 amide bonds. The highest BCUT2D eigenvalue weighted by Gasteiger charge is 2.33. The van der Waals surface area contributed by atoms with Crippen molar-refractivity contribution < 1.29 is 18.7 Å². The first kappa shape index (κ1) is 17.7. The van der Waals surface area contributed by atoms with E-state index < -0.39 is 0 Å². The van der Waals surface area contributed by atoms with Crippen LogP contribution in [0.1, 0.15) is 23.2 Å². The predicted octanol–water partition coefficient (Wildman–Crippen LogP) is 1.62. The SMILES string of the molecule is O=C(NCCNC(=O)N1CCC(C2CCOC2)C1)c1ccc(F)cc1. The van der Waals surface area contributed by atoms with Crippen molar-refractivity contribution in [3.05, 3.63) is 35.6 Å². The highest BCUT2D eigenvalue weighted by Crippen LogP contribution is 2.29. The second-order valence-electron chi connectivity index (χ2n) is 6.61. The number of nitrogens with zero attached hydrogens (tertiary/aromatic N) is 1. The monoisotopic (exact) mass is 349 g/mol. The molecule has 2 saturated heterocycles. The Kier molecular flexibility index (Phi) is 5.86. The summed E-state index contributed by atoms with van der Waals surface area (Å²) in [6.07, 6.45) is 2.12. The van der Waals surface area contributed by atoms with Crippen LogP contribution in [-0.4, -0.2) is 56.2 Å². The number of nitrogens with one attached hydrogen (secondary N) is 2. The van der Waals surface area contributed by atoms with Crippen LogP contribution in [0.25, 0.3) is 0 Å². The van der Waals surface area contributed by atoms with E-state index in [1.165, 1.54) is 24.3 Å². The molecular formula is C18H24FN3O3. The minimum atomic E-state index is -0.378. The number of amides is 3. The van der Waals surface area contributed by atoms with Gasteiger partial charge >= 0.3 is 6.03 Å². The van der Waals surface area contributed by atoms with Crippen LogP contribution in [0.3, 0.4) is 0 Å². The van der Waals surface area contributed by atoms with Gasteiger partial charge in [-0.2, -0.15) is 0 Å². The molecule has 0 saturated carbocycles. The summed E-state index contributed by atoms with van der Waals surface area (Å²) >= 11 is 0. The third kappa shape index (κ3) is 4.69. The molecule has 6 nitrogen and oxygen atoms in total. The number of ether oxygens (including phenoxy) is 1. The van der Waals surface area contributed by atoms with Crippen molar-refractivity contribution in [2.24, 2.45) is 11.8 Å². The van der Waals surface area contributed by atoms with E-state index in [0.717, 1.165) is 39.1 Å². The average Bonchev–Trinajstić information content (AvgIpc) is 3.29. The molecular weight excluding hydrogens is 325 g/mol. The van der Waals surface area contributed by atoms with E-state index in [9.17, 15) is 14.0 Å². The van der Waals surface area contributed by atoms with Crippen molar-refractivity contribution in [2.75, 3.05) is 39.4 Å². The summed E-state index contributed by atoms with van der Waals surface area (Å²) in [5.74, 6) is 0.452. The summed E-state index contributed by atoms with van der Waals surface area (Å²) in [4.78, 5) is 25.9.